The molecule has 1 rings (SSSR count). The van der Waals surface area contributed by atoms with Crippen LogP contribution in [0.15, 0.2) is 0 Å². The van der Waals surface area contributed by atoms with E-state index in [2.05, 4.69) is 31.1 Å². The highest BCUT2D eigenvalue weighted by molar-refractivity contribution is 4.89. The van der Waals surface area contributed by atoms with Crippen molar-refractivity contribution >= 4 is 0 Å². The van der Waals surface area contributed by atoms with E-state index >= 15 is 0 Å². The van der Waals surface area contributed by atoms with Crippen LogP contribution in [0, 0.1) is 11.3 Å². The fourth-order valence-corrected chi connectivity index (χ4v) is 3.90. The van der Waals surface area contributed by atoms with Crippen LogP contribution in [0.3, 0.4) is 0 Å². The highest BCUT2D eigenvalue weighted by Gasteiger charge is 2.35. The number of aliphatic hydroxyl groups excluding tert-OH is 1. The Kier molecular flexibility index (Phi) is 8.79. The first-order valence-corrected chi connectivity index (χ1v) is 8.57. The lowest BCUT2D eigenvalue weighted by atomic mass is 9.69. The van der Waals surface area contributed by atoms with Gasteiger partial charge in [-0.2, -0.15) is 0 Å². The molecule has 0 spiro atoms. The standard InChI is InChI=1S/C17H36N2O2/c1-5-9-18-13-17(8-6-7-15(2)10-17)14-19(3)11-16(20)12-21-4/h15-16,18,20H,5-14H2,1-4H3. The Morgan fingerprint density at radius 1 is 1.48 bits per heavy atom. The van der Waals surface area contributed by atoms with Crippen molar-refractivity contribution in [2.24, 2.45) is 11.3 Å². The number of methoxy groups -OCH3 is 1. The SMILES string of the molecule is CCCNCC1(CN(C)CC(O)COC)CCCC(C)C1. The second-order valence-corrected chi connectivity index (χ2v) is 7.18. The Balaban J connectivity index is 2.54. The Morgan fingerprint density at radius 2 is 2.24 bits per heavy atom. The Bertz CT molecular complexity index is 276. The average molecular weight is 300 g/mol. The zero-order valence-electron chi connectivity index (χ0n) is 14.5. The van der Waals surface area contributed by atoms with E-state index in [1.807, 2.05) is 0 Å². The van der Waals surface area contributed by atoms with Crippen molar-refractivity contribution in [3.63, 3.8) is 0 Å². The monoisotopic (exact) mass is 300 g/mol. The molecule has 0 heterocycles. The molecule has 4 heteroatoms. The minimum atomic E-state index is -0.387. The van der Waals surface area contributed by atoms with Crippen molar-refractivity contribution in [1.82, 2.24) is 10.2 Å². The van der Waals surface area contributed by atoms with Gasteiger partial charge in [0.15, 0.2) is 0 Å². The van der Waals surface area contributed by atoms with Crippen molar-refractivity contribution in [3.8, 4) is 0 Å². The fourth-order valence-electron chi connectivity index (χ4n) is 3.90. The van der Waals surface area contributed by atoms with Crippen LogP contribution in [0.5, 0.6) is 0 Å². The van der Waals surface area contributed by atoms with Crippen LogP contribution in [0.4, 0.5) is 0 Å². The summed E-state index contributed by atoms with van der Waals surface area (Å²) in [6.07, 6.45) is 6.11. The van der Waals surface area contributed by atoms with Gasteiger partial charge in [-0.1, -0.05) is 26.7 Å². The zero-order chi connectivity index (χ0) is 15.7. The van der Waals surface area contributed by atoms with E-state index in [4.69, 9.17) is 4.74 Å². The maximum Gasteiger partial charge on any atom is 0.0899 e. The molecule has 2 N–H and O–H groups in total. The lowest BCUT2D eigenvalue weighted by Crippen LogP contribution is -2.47. The van der Waals surface area contributed by atoms with Gasteiger partial charge in [-0.15, -0.1) is 0 Å². The molecule has 0 bridgehead atoms. The van der Waals surface area contributed by atoms with Crippen molar-refractivity contribution in [2.45, 2.75) is 52.1 Å². The van der Waals surface area contributed by atoms with Crippen LogP contribution in [0.1, 0.15) is 46.0 Å². The number of likely N-dealkylation sites (N-methyl/N-ethyl adjacent to an activating group) is 1. The normalized spacial score (nSPS) is 28.0. The van der Waals surface area contributed by atoms with Gasteiger partial charge in [0.05, 0.1) is 12.7 Å². The molecule has 3 atom stereocenters. The Hall–Kier alpha value is -0.160. The minimum Gasteiger partial charge on any atom is -0.389 e. The number of nitrogens with zero attached hydrogens (tertiary/aromatic N) is 1. The number of aliphatic hydroxyl groups is 1. The third kappa shape index (κ3) is 7.09. The first-order valence-electron chi connectivity index (χ1n) is 8.57. The summed E-state index contributed by atoms with van der Waals surface area (Å²) in [5.74, 6) is 0.819. The van der Waals surface area contributed by atoms with E-state index in [-0.39, 0.29) is 6.10 Å². The van der Waals surface area contributed by atoms with Crippen LogP contribution < -0.4 is 5.32 Å². The molecular formula is C17H36N2O2. The van der Waals surface area contributed by atoms with Crippen molar-refractivity contribution in [1.29, 1.82) is 0 Å². The predicted octanol–water partition coefficient (Wildman–Crippen LogP) is 2.12. The topological polar surface area (TPSA) is 44.7 Å². The smallest absolute Gasteiger partial charge is 0.0899 e. The maximum absolute atomic E-state index is 9.92. The molecule has 0 aliphatic heterocycles. The molecule has 21 heavy (non-hydrogen) atoms. The van der Waals surface area contributed by atoms with Gasteiger partial charge in [0, 0.05) is 26.7 Å². The van der Waals surface area contributed by atoms with Gasteiger partial charge in [-0.05, 0) is 44.2 Å². The van der Waals surface area contributed by atoms with Gasteiger partial charge < -0.3 is 20.1 Å². The number of nitrogens with one attached hydrogen (secondary N) is 1. The molecule has 1 aliphatic carbocycles. The molecule has 0 amide bonds. The average Bonchev–Trinajstić information content (AvgIpc) is 2.38. The summed E-state index contributed by atoms with van der Waals surface area (Å²) < 4.78 is 5.03. The molecule has 1 saturated carbocycles. The first-order chi connectivity index (χ1) is 10.0. The van der Waals surface area contributed by atoms with Gasteiger partial charge in [-0.3, -0.25) is 0 Å². The molecule has 0 aromatic rings. The van der Waals surface area contributed by atoms with Crippen molar-refractivity contribution < 1.29 is 9.84 Å². The molecule has 1 fully saturated rings. The van der Waals surface area contributed by atoms with Gasteiger partial charge in [-0.25, -0.2) is 0 Å². The molecule has 0 aromatic carbocycles. The summed E-state index contributed by atoms with van der Waals surface area (Å²) in [5, 5.41) is 13.6. The third-order valence-electron chi connectivity index (χ3n) is 4.60. The van der Waals surface area contributed by atoms with E-state index in [0.717, 1.165) is 25.6 Å². The Labute approximate surface area is 131 Å². The van der Waals surface area contributed by atoms with Gasteiger partial charge in [0.25, 0.3) is 0 Å². The largest absolute Gasteiger partial charge is 0.389 e. The summed E-state index contributed by atoms with van der Waals surface area (Å²) in [4.78, 5) is 2.29. The zero-order valence-corrected chi connectivity index (χ0v) is 14.5. The van der Waals surface area contributed by atoms with Crippen LogP contribution in [0.25, 0.3) is 0 Å². The summed E-state index contributed by atoms with van der Waals surface area (Å²) in [6.45, 7) is 8.99. The van der Waals surface area contributed by atoms with Crippen LogP contribution in [-0.4, -0.2) is 63.1 Å². The van der Waals surface area contributed by atoms with Gasteiger partial charge in [0.1, 0.15) is 0 Å². The predicted molar refractivity (Wildman–Crippen MR) is 88.6 cm³/mol. The number of hydrogen-bond donors (Lipinski definition) is 2. The Morgan fingerprint density at radius 3 is 2.86 bits per heavy atom. The summed E-state index contributed by atoms with van der Waals surface area (Å²) >= 11 is 0. The number of hydrogen-bond acceptors (Lipinski definition) is 4. The maximum atomic E-state index is 9.92. The second kappa shape index (κ2) is 9.78. The van der Waals surface area contributed by atoms with Crippen LogP contribution in [-0.2, 0) is 4.74 Å². The van der Waals surface area contributed by atoms with E-state index in [9.17, 15) is 5.11 Å². The lowest BCUT2D eigenvalue weighted by molar-refractivity contribution is 0.0237. The molecule has 1 aliphatic rings. The van der Waals surface area contributed by atoms with Crippen LogP contribution >= 0.6 is 0 Å². The van der Waals surface area contributed by atoms with Crippen LogP contribution in [0.2, 0.25) is 0 Å². The van der Waals surface area contributed by atoms with E-state index in [1.165, 1.54) is 32.1 Å². The van der Waals surface area contributed by atoms with Gasteiger partial charge >= 0.3 is 0 Å². The molecule has 0 radical (unpaired) electrons. The van der Waals surface area contributed by atoms with E-state index in [0.29, 0.717) is 18.6 Å². The molecule has 3 unspecified atom stereocenters. The summed E-state index contributed by atoms with van der Waals surface area (Å²) in [6, 6.07) is 0. The molecule has 0 saturated heterocycles. The molecule has 126 valence electrons. The fraction of sp³-hybridized carbons (Fsp3) is 1.00. The second-order valence-electron chi connectivity index (χ2n) is 7.18. The summed E-state index contributed by atoms with van der Waals surface area (Å²) in [5.41, 5.74) is 0.369. The van der Waals surface area contributed by atoms with Crippen molar-refractivity contribution in [2.75, 3.05) is 46.9 Å². The van der Waals surface area contributed by atoms with E-state index < -0.39 is 0 Å². The lowest BCUT2D eigenvalue weighted by Gasteiger charge is -2.43. The first kappa shape index (κ1) is 18.9. The van der Waals surface area contributed by atoms with Crippen molar-refractivity contribution in [3.05, 3.63) is 0 Å². The summed E-state index contributed by atoms with van der Waals surface area (Å²) in [7, 11) is 3.77. The number of ether oxygens (including phenoxy) is 1. The van der Waals surface area contributed by atoms with E-state index in [1.54, 1.807) is 7.11 Å². The molecular weight excluding hydrogens is 264 g/mol. The quantitative estimate of drug-likeness (QED) is 0.607. The molecule has 0 aromatic heterocycles. The molecule has 4 nitrogen and oxygen atoms in total. The minimum absolute atomic E-state index is 0.369. The van der Waals surface area contributed by atoms with Gasteiger partial charge in [0.2, 0.25) is 0 Å². The number of rotatable bonds is 10. The third-order valence-corrected chi connectivity index (χ3v) is 4.60. The highest BCUT2D eigenvalue weighted by Crippen LogP contribution is 2.39. The highest BCUT2D eigenvalue weighted by atomic mass is 16.5.